The van der Waals surface area contributed by atoms with E-state index in [0.29, 0.717) is 47.4 Å². The van der Waals surface area contributed by atoms with E-state index in [4.69, 9.17) is 19.0 Å². The highest BCUT2D eigenvalue weighted by Crippen LogP contribution is 2.34. The van der Waals surface area contributed by atoms with E-state index in [-0.39, 0.29) is 29.7 Å². The van der Waals surface area contributed by atoms with Gasteiger partial charge in [0.1, 0.15) is 17.1 Å². The van der Waals surface area contributed by atoms with Crippen LogP contribution in [0.2, 0.25) is 0 Å². The molecule has 2 aromatic rings. The maximum atomic E-state index is 12.5. The Morgan fingerprint density at radius 1 is 1.17 bits per heavy atom. The molecule has 1 amide bonds. The number of hydrogen-bond donors (Lipinski definition) is 2. The number of amides is 1. The summed E-state index contributed by atoms with van der Waals surface area (Å²) < 4.78 is 16.1. The number of nitrogens with one attached hydrogen (secondary N) is 1. The van der Waals surface area contributed by atoms with E-state index in [1.165, 1.54) is 14.2 Å². The van der Waals surface area contributed by atoms with Crippen LogP contribution in [0.15, 0.2) is 21.3 Å². The number of rotatable bonds is 7. The number of fused-ring (bicyclic) bond motifs is 1. The van der Waals surface area contributed by atoms with Crippen LogP contribution in [0.1, 0.15) is 36.8 Å². The van der Waals surface area contributed by atoms with Crippen LogP contribution >= 0.6 is 0 Å². The van der Waals surface area contributed by atoms with E-state index in [9.17, 15) is 14.4 Å². The summed E-state index contributed by atoms with van der Waals surface area (Å²) >= 11 is 0. The minimum atomic E-state index is -0.746. The highest BCUT2D eigenvalue weighted by atomic mass is 16.5. The van der Waals surface area contributed by atoms with Crippen LogP contribution in [0.4, 0.5) is 0 Å². The number of benzene rings is 1. The maximum absolute atomic E-state index is 12.5. The summed E-state index contributed by atoms with van der Waals surface area (Å²) in [5.41, 5.74) is 0.705. The first-order chi connectivity index (χ1) is 14.3. The van der Waals surface area contributed by atoms with Gasteiger partial charge in [-0.1, -0.05) is 0 Å². The molecule has 1 aromatic carbocycles. The summed E-state index contributed by atoms with van der Waals surface area (Å²) in [7, 11) is 3.03. The van der Waals surface area contributed by atoms with Crippen LogP contribution in [0, 0.1) is 18.8 Å². The molecule has 1 aliphatic rings. The molecule has 3 rings (SSSR count). The van der Waals surface area contributed by atoms with Gasteiger partial charge in [0, 0.05) is 18.7 Å². The monoisotopic (exact) mass is 417 g/mol. The molecule has 0 radical (unpaired) electrons. The van der Waals surface area contributed by atoms with Gasteiger partial charge in [0.15, 0.2) is 0 Å². The van der Waals surface area contributed by atoms with Gasteiger partial charge in [-0.3, -0.25) is 9.59 Å². The lowest BCUT2D eigenvalue weighted by molar-refractivity contribution is -0.143. The normalized spacial score (nSPS) is 18.8. The predicted molar refractivity (Wildman–Crippen MR) is 110 cm³/mol. The third-order valence-electron chi connectivity index (χ3n) is 5.89. The van der Waals surface area contributed by atoms with Crippen molar-refractivity contribution in [3.8, 4) is 11.5 Å². The molecule has 0 unspecified atom stereocenters. The van der Waals surface area contributed by atoms with Gasteiger partial charge in [0.2, 0.25) is 5.91 Å². The van der Waals surface area contributed by atoms with Crippen LogP contribution in [0.5, 0.6) is 11.5 Å². The summed E-state index contributed by atoms with van der Waals surface area (Å²) in [6.07, 6.45) is 2.71. The molecule has 1 fully saturated rings. The first-order valence-electron chi connectivity index (χ1n) is 10.0. The number of carboxylic acids is 1. The van der Waals surface area contributed by atoms with E-state index in [1.54, 1.807) is 19.1 Å². The van der Waals surface area contributed by atoms with Gasteiger partial charge in [0.25, 0.3) is 0 Å². The van der Waals surface area contributed by atoms with Crippen LogP contribution in [0.25, 0.3) is 11.0 Å². The molecule has 162 valence electrons. The number of ether oxygens (including phenoxy) is 2. The van der Waals surface area contributed by atoms with Crippen LogP contribution < -0.4 is 20.4 Å². The lowest BCUT2D eigenvalue weighted by Crippen LogP contribution is -2.34. The Morgan fingerprint density at radius 2 is 1.87 bits per heavy atom. The first kappa shape index (κ1) is 21.7. The van der Waals surface area contributed by atoms with Gasteiger partial charge < -0.3 is 24.3 Å². The van der Waals surface area contributed by atoms with Crippen molar-refractivity contribution in [2.24, 2.45) is 11.8 Å². The van der Waals surface area contributed by atoms with Gasteiger partial charge >= 0.3 is 11.6 Å². The van der Waals surface area contributed by atoms with Crippen molar-refractivity contribution in [3.05, 3.63) is 33.7 Å². The second-order valence-electron chi connectivity index (χ2n) is 7.73. The van der Waals surface area contributed by atoms with Crippen molar-refractivity contribution in [3.63, 3.8) is 0 Å². The Hall–Kier alpha value is -3.03. The molecular formula is C22H27NO7. The summed E-state index contributed by atoms with van der Waals surface area (Å²) in [5, 5.41) is 12.6. The topological polar surface area (TPSA) is 115 Å². The third kappa shape index (κ3) is 4.58. The summed E-state index contributed by atoms with van der Waals surface area (Å²) in [6, 6.07) is 3.32. The molecule has 30 heavy (non-hydrogen) atoms. The van der Waals surface area contributed by atoms with Crippen LogP contribution in [0.3, 0.4) is 0 Å². The van der Waals surface area contributed by atoms with E-state index < -0.39 is 11.6 Å². The van der Waals surface area contributed by atoms with Crippen LogP contribution in [-0.4, -0.2) is 37.7 Å². The van der Waals surface area contributed by atoms with E-state index in [1.807, 2.05) is 0 Å². The van der Waals surface area contributed by atoms with Crippen LogP contribution in [-0.2, 0) is 16.0 Å². The number of carboxylic acid groups (broad SMARTS) is 1. The number of aliphatic carboxylic acids is 1. The fourth-order valence-electron chi connectivity index (χ4n) is 4.06. The molecule has 1 saturated carbocycles. The molecule has 8 heteroatoms. The fraction of sp³-hybridized carbons (Fsp3) is 0.500. The second-order valence-corrected chi connectivity index (χ2v) is 7.73. The highest BCUT2D eigenvalue weighted by Gasteiger charge is 2.26. The van der Waals surface area contributed by atoms with Crippen molar-refractivity contribution in [2.75, 3.05) is 20.8 Å². The van der Waals surface area contributed by atoms with Gasteiger partial charge in [0.05, 0.1) is 37.5 Å². The van der Waals surface area contributed by atoms with E-state index >= 15 is 0 Å². The van der Waals surface area contributed by atoms with Crippen molar-refractivity contribution >= 4 is 22.8 Å². The van der Waals surface area contributed by atoms with Crippen molar-refractivity contribution < 1.29 is 28.6 Å². The minimum absolute atomic E-state index is 0.0935. The minimum Gasteiger partial charge on any atom is -0.496 e. The first-order valence-corrected chi connectivity index (χ1v) is 10.0. The molecule has 8 nitrogen and oxygen atoms in total. The van der Waals surface area contributed by atoms with Gasteiger partial charge in [-0.2, -0.15) is 0 Å². The third-order valence-corrected chi connectivity index (χ3v) is 5.89. The number of methoxy groups -OCH3 is 2. The fourth-order valence-corrected chi connectivity index (χ4v) is 4.06. The van der Waals surface area contributed by atoms with E-state index in [0.717, 1.165) is 12.8 Å². The molecular weight excluding hydrogens is 390 g/mol. The summed E-state index contributed by atoms with van der Waals surface area (Å²) in [6.45, 7) is 2.24. The Bertz CT molecular complexity index is 1000. The number of aryl methyl sites for hydroxylation is 1. The number of hydrogen-bond acceptors (Lipinski definition) is 6. The molecule has 0 aliphatic heterocycles. The van der Waals surface area contributed by atoms with Gasteiger partial charge in [-0.25, -0.2) is 4.79 Å². The molecule has 1 heterocycles. The predicted octanol–water partition coefficient (Wildman–Crippen LogP) is 2.67. The zero-order valence-corrected chi connectivity index (χ0v) is 17.4. The Balaban J connectivity index is 1.72. The average molecular weight is 417 g/mol. The molecule has 2 N–H and O–H groups in total. The quantitative estimate of drug-likeness (QED) is 0.666. The van der Waals surface area contributed by atoms with Gasteiger partial charge in [-0.15, -0.1) is 0 Å². The molecule has 0 spiro atoms. The molecule has 1 aromatic heterocycles. The SMILES string of the molecule is COc1cc(OC)c2c(C)c(CC(=O)NCC3CCC(C(=O)O)CC3)c(=O)oc2c1. The summed E-state index contributed by atoms with van der Waals surface area (Å²) in [4.78, 5) is 36.0. The smallest absolute Gasteiger partial charge is 0.340 e. The van der Waals surface area contributed by atoms with Crippen molar-refractivity contribution in [2.45, 2.75) is 39.0 Å². The zero-order chi connectivity index (χ0) is 21.8. The number of carbonyl (C=O) groups is 2. The summed E-state index contributed by atoms with van der Waals surface area (Å²) in [5.74, 6) is -0.0317. The second kappa shape index (κ2) is 9.19. The molecule has 0 bridgehead atoms. The lowest BCUT2D eigenvalue weighted by Gasteiger charge is -2.26. The lowest BCUT2D eigenvalue weighted by atomic mass is 9.82. The van der Waals surface area contributed by atoms with Crippen molar-refractivity contribution in [1.29, 1.82) is 0 Å². The Morgan fingerprint density at radius 3 is 2.47 bits per heavy atom. The molecule has 0 atom stereocenters. The standard InChI is InChI=1S/C22H27NO7/c1-12-16(10-19(24)23-11-13-4-6-14(7-5-13)21(25)26)22(27)30-18-9-15(28-2)8-17(29-3)20(12)18/h8-9,13-14H,4-7,10-11H2,1-3H3,(H,23,24)(H,25,26). The largest absolute Gasteiger partial charge is 0.496 e. The van der Waals surface area contributed by atoms with Gasteiger partial charge in [-0.05, 0) is 44.1 Å². The average Bonchev–Trinajstić information content (AvgIpc) is 2.74. The van der Waals surface area contributed by atoms with E-state index in [2.05, 4.69) is 5.32 Å². The maximum Gasteiger partial charge on any atom is 0.340 e. The number of carbonyl (C=O) groups excluding carboxylic acids is 1. The Kier molecular flexibility index (Phi) is 6.64. The molecule has 1 aliphatic carbocycles. The van der Waals surface area contributed by atoms with Crippen molar-refractivity contribution in [1.82, 2.24) is 5.32 Å². The highest BCUT2D eigenvalue weighted by molar-refractivity contribution is 5.90. The Labute approximate surface area is 174 Å². The molecule has 0 saturated heterocycles. The zero-order valence-electron chi connectivity index (χ0n) is 17.4.